The van der Waals surface area contributed by atoms with Gasteiger partial charge in [-0.05, 0) is 24.5 Å². The maximum Gasteiger partial charge on any atom is 0.0299 e. The lowest BCUT2D eigenvalue weighted by Crippen LogP contribution is -2.12. The molecular formula is C12H14S3. The van der Waals surface area contributed by atoms with Gasteiger partial charge in [0.2, 0.25) is 0 Å². The molecule has 0 amide bonds. The van der Waals surface area contributed by atoms with Gasteiger partial charge in [0.15, 0.2) is 0 Å². The largest absolute Gasteiger partial charge is 0.121 e. The molecule has 2 unspecified atom stereocenters. The fraction of sp³-hybridized carbons (Fsp3) is 0.500. The van der Waals surface area contributed by atoms with Crippen molar-refractivity contribution in [2.24, 2.45) is 0 Å². The molecule has 15 heavy (non-hydrogen) atoms. The lowest BCUT2D eigenvalue weighted by Gasteiger charge is -2.22. The molecule has 80 valence electrons. The van der Waals surface area contributed by atoms with E-state index in [-0.39, 0.29) is 0 Å². The second-order valence-corrected chi connectivity index (χ2v) is 7.98. The van der Waals surface area contributed by atoms with E-state index in [1.54, 1.807) is 0 Å². The summed E-state index contributed by atoms with van der Waals surface area (Å²) < 4.78 is 0. The van der Waals surface area contributed by atoms with Crippen LogP contribution in [0.15, 0.2) is 29.2 Å². The average molecular weight is 254 g/mol. The van der Waals surface area contributed by atoms with Gasteiger partial charge in [0, 0.05) is 21.1 Å². The molecule has 0 bridgehead atoms. The zero-order chi connectivity index (χ0) is 10.1. The summed E-state index contributed by atoms with van der Waals surface area (Å²) in [6.07, 6.45) is 4.27. The second-order valence-electron chi connectivity index (χ2n) is 4.09. The van der Waals surface area contributed by atoms with Gasteiger partial charge in [-0.1, -0.05) is 46.2 Å². The van der Waals surface area contributed by atoms with Gasteiger partial charge >= 0.3 is 0 Å². The van der Waals surface area contributed by atoms with Crippen LogP contribution in [0.3, 0.4) is 0 Å². The molecule has 0 saturated heterocycles. The molecule has 0 radical (unpaired) electrons. The summed E-state index contributed by atoms with van der Waals surface area (Å²) in [6.45, 7) is 0. The standard InChI is InChI=1S/C12H14S3/c1-2-5-10-9(4-1)8-13-15-12-7-3-6-11(12)14-10/h1-2,4-5,11-12H,3,6-8H2. The van der Waals surface area contributed by atoms with Crippen molar-refractivity contribution in [1.29, 1.82) is 0 Å². The first-order chi connectivity index (χ1) is 7.43. The molecule has 1 saturated carbocycles. The van der Waals surface area contributed by atoms with Crippen LogP contribution < -0.4 is 0 Å². The maximum atomic E-state index is 2.30. The van der Waals surface area contributed by atoms with Crippen molar-refractivity contribution in [3.8, 4) is 0 Å². The number of thioether (sulfide) groups is 1. The van der Waals surface area contributed by atoms with Gasteiger partial charge < -0.3 is 0 Å². The second kappa shape index (κ2) is 4.64. The van der Waals surface area contributed by atoms with E-state index >= 15 is 0 Å². The van der Waals surface area contributed by atoms with Crippen LogP contribution >= 0.6 is 33.3 Å². The SMILES string of the molecule is c1ccc2c(c1)CSSC1CCCC1S2. The molecule has 1 aliphatic carbocycles. The van der Waals surface area contributed by atoms with Crippen LogP contribution in [0.1, 0.15) is 24.8 Å². The van der Waals surface area contributed by atoms with Crippen LogP contribution in [0.5, 0.6) is 0 Å². The van der Waals surface area contributed by atoms with Crippen LogP contribution in [0.2, 0.25) is 0 Å². The molecule has 0 spiro atoms. The van der Waals surface area contributed by atoms with Crippen LogP contribution in [0, 0.1) is 0 Å². The Bertz CT molecular complexity index is 350. The highest BCUT2D eigenvalue weighted by atomic mass is 33.1. The van der Waals surface area contributed by atoms with Gasteiger partial charge in [0.1, 0.15) is 0 Å². The summed E-state index contributed by atoms with van der Waals surface area (Å²) in [4.78, 5) is 1.53. The smallest absolute Gasteiger partial charge is 0.0299 e. The van der Waals surface area contributed by atoms with Gasteiger partial charge in [0.25, 0.3) is 0 Å². The molecule has 2 atom stereocenters. The summed E-state index contributed by atoms with van der Waals surface area (Å²) in [7, 11) is 4.18. The third kappa shape index (κ3) is 2.20. The lowest BCUT2D eigenvalue weighted by molar-refractivity contribution is 0.890. The fourth-order valence-corrected chi connectivity index (χ4v) is 7.15. The number of fused-ring (bicyclic) bond motifs is 2. The number of rotatable bonds is 0. The lowest BCUT2D eigenvalue weighted by atomic mass is 10.2. The molecular weight excluding hydrogens is 240 g/mol. The summed E-state index contributed by atoms with van der Waals surface area (Å²) in [5.74, 6) is 1.18. The van der Waals surface area contributed by atoms with E-state index in [1.807, 2.05) is 0 Å². The van der Waals surface area contributed by atoms with Crippen LogP contribution in [-0.4, -0.2) is 10.5 Å². The molecule has 3 rings (SSSR count). The van der Waals surface area contributed by atoms with E-state index in [0.29, 0.717) is 0 Å². The van der Waals surface area contributed by atoms with E-state index in [2.05, 4.69) is 57.6 Å². The Morgan fingerprint density at radius 2 is 1.93 bits per heavy atom. The Morgan fingerprint density at radius 3 is 2.93 bits per heavy atom. The minimum Gasteiger partial charge on any atom is -0.121 e. The fourth-order valence-electron chi connectivity index (χ4n) is 2.22. The zero-order valence-corrected chi connectivity index (χ0v) is 11.0. The molecule has 1 aliphatic heterocycles. The van der Waals surface area contributed by atoms with Gasteiger partial charge in [-0.15, -0.1) is 11.8 Å². The summed E-state index contributed by atoms with van der Waals surface area (Å²) >= 11 is 2.13. The number of benzene rings is 1. The van der Waals surface area contributed by atoms with Crippen molar-refractivity contribution >= 4 is 33.3 Å². The molecule has 1 heterocycles. The Labute approximate surface area is 103 Å². The Kier molecular flexibility index (Phi) is 3.23. The van der Waals surface area contributed by atoms with E-state index < -0.39 is 0 Å². The molecule has 0 N–H and O–H groups in total. The van der Waals surface area contributed by atoms with E-state index in [0.717, 1.165) is 10.5 Å². The summed E-state index contributed by atoms with van der Waals surface area (Å²) in [6, 6.07) is 8.92. The quantitative estimate of drug-likeness (QED) is 0.621. The third-order valence-electron chi connectivity index (χ3n) is 3.05. The first-order valence-corrected chi connectivity index (χ1v) is 8.72. The van der Waals surface area contributed by atoms with E-state index in [4.69, 9.17) is 0 Å². The predicted molar refractivity (Wildman–Crippen MR) is 72.6 cm³/mol. The van der Waals surface area contributed by atoms with Crippen LogP contribution in [0.4, 0.5) is 0 Å². The van der Waals surface area contributed by atoms with Gasteiger partial charge in [-0.2, -0.15) is 0 Å². The highest BCUT2D eigenvalue weighted by Crippen LogP contribution is 2.48. The van der Waals surface area contributed by atoms with Crippen LogP contribution in [0.25, 0.3) is 0 Å². The van der Waals surface area contributed by atoms with Crippen molar-refractivity contribution in [3.63, 3.8) is 0 Å². The molecule has 2 aliphatic rings. The molecule has 0 aromatic heterocycles. The number of hydrogen-bond acceptors (Lipinski definition) is 3. The summed E-state index contributed by atoms with van der Waals surface area (Å²) in [5.41, 5.74) is 1.53. The topological polar surface area (TPSA) is 0 Å². The molecule has 1 aromatic rings. The average Bonchev–Trinajstić information content (AvgIpc) is 2.65. The van der Waals surface area contributed by atoms with Crippen molar-refractivity contribution in [1.82, 2.24) is 0 Å². The Morgan fingerprint density at radius 1 is 1.07 bits per heavy atom. The molecule has 3 heteroatoms. The Balaban J connectivity index is 1.89. The maximum absolute atomic E-state index is 2.30. The molecule has 1 aromatic carbocycles. The monoisotopic (exact) mass is 254 g/mol. The molecule has 1 fully saturated rings. The minimum atomic E-state index is 0.865. The van der Waals surface area contributed by atoms with Crippen molar-refractivity contribution in [2.75, 3.05) is 0 Å². The van der Waals surface area contributed by atoms with Crippen molar-refractivity contribution in [2.45, 2.75) is 40.4 Å². The summed E-state index contributed by atoms with van der Waals surface area (Å²) in [5, 5.41) is 1.76. The van der Waals surface area contributed by atoms with E-state index in [1.165, 1.54) is 35.5 Å². The normalized spacial score (nSPS) is 30.1. The van der Waals surface area contributed by atoms with Gasteiger partial charge in [-0.3, -0.25) is 0 Å². The third-order valence-corrected chi connectivity index (χ3v) is 7.62. The van der Waals surface area contributed by atoms with Gasteiger partial charge in [-0.25, -0.2) is 0 Å². The van der Waals surface area contributed by atoms with Gasteiger partial charge in [0.05, 0.1) is 0 Å². The first-order valence-electron chi connectivity index (χ1n) is 5.46. The molecule has 0 nitrogen and oxygen atoms in total. The zero-order valence-electron chi connectivity index (χ0n) is 8.52. The predicted octanol–water partition coefficient (Wildman–Crippen LogP) is 4.59. The highest BCUT2D eigenvalue weighted by molar-refractivity contribution is 8.76. The minimum absolute atomic E-state index is 0.865. The number of hydrogen-bond donors (Lipinski definition) is 0. The first kappa shape index (κ1) is 10.4. The van der Waals surface area contributed by atoms with Crippen molar-refractivity contribution in [3.05, 3.63) is 29.8 Å². The van der Waals surface area contributed by atoms with Crippen molar-refractivity contribution < 1.29 is 0 Å². The van der Waals surface area contributed by atoms with Crippen LogP contribution in [-0.2, 0) is 5.75 Å². The van der Waals surface area contributed by atoms with E-state index in [9.17, 15) is 0 Å². The highest BCUT2D eigenvalue weighted by Gasteiger charge is 2.30. The Hall–Kier alpha value is 0.270.